The molecule has 0 bridgehead atoms. The summed E-state index contributed by atoms with van der Waals surface area (Å²) in [6.07, 6.45) is 2.39. The van der Waals surface area contributed by atoms with E-state index in [4.69, 9.17) is 12.2 Å². The maximum Gasteiger partial charge on any atom is 0.354 e. The summed E-state index contributed by atoms with van der Waals surface area (Å²) >= 11 is 5.30. The van der Waals surface area contributed by atoms with Gasteiger partial charge in [0.2, 0.25) is 0 Å². The molecule has 0 fully saturated rings. The van der Waals surface area contributed by atoms with Crippen LogP contribution >= 0.6 is 12.2 Å². The van der Waals surface area contributed by atoms with Crippen LogP contribution in [0.3, 0.4) is 0 Å². The first kappa shape index (κ1) is 13.1. The van der Waals surface area contributed by atoms with Gasteiger partial charge in [-0.1, -0.05) is 38.1 Å². The van der Waals surface area contributed by atoms with E-state index >= 15 is 0 Å². The monoisotopic (exact) mass is 288 g/mol. The lowest BCUT2D eigenvalue weighted by Gasteiger charge is -2.29. The minimum Gasteiger partial charge on any atom is -0.477 e. The molecule has 2 aromatic rings. The minimum absolute atomic E-state index is 0.0523. The van der Waals surface area contributed by atoms with Crippen molar-refractivity contribution in [1.82, 2.24) is 9.55 Å². The van der Waals surface area contributed by atoms with E-state index in [1.54, 1.807) is 4.57 Å². The van der Waals surface area contributed by atoms with Crippen molar-refractivity contribution >= 4 is 18.2 Å². The van der Waals surface area contributed by atoms with Gasteiger partial charge in [-0.25, -0.2) is 4.79 Å². The Labute approximate surface area is 122 Å². The number of H-pyrrole nitrogens is 1. The highest BCUT2D eigenvalue weighted by molar-refractivity contribution is 7.71. The Balaban J connectivity index is 2.26. The van der Waals surface area contributed by atoms with Gasteiger partial charge in [0.05, 0.1) is 6.04 Å². The van der Waals surface area contributed by atoms with Gasteiger partial charge in [-0.3, -0.25) is 0 Å². The summed E-state index contributed by atoms with van der Waals surface area (Å²) in [7, 11) is 0. The summed E-state index contributed by atoms with van der Waals surface area (Å²) in [6.45, 7) is 4.30. The van der Waals surface area contributed by atoms with Crippen LogP contribution in [0.1, 0.15) is 41.5 Å². The zero-order valence-electron chi connectivity index (χ0n) is 11.4. The van der Waals surface area contributed by atoms with Gasteiger partial charge in [0.25, 0.3) is 0 Å². The van der Waals surface area contributed by atoms with E-state index in [1.807, 2.05) is 12.1 Å². The highest BCUT2D eigenvalue weighted by Crippen LogP contribution is 2.48. The van der Waals surface area contributed by atoms with Crippen LogP contribution in [0.4, 0.5) is 0 Å². The van der Waals surface area contributed by atoms with E-state index in [0.29, 0.717) is 4.77 Å². The molecule has 20 heavy (non-hydrogen) atoms. The predicted molar refractivity (Wildman–Crippen MR) is 78.6 cm³/mol. The fraction of sp³-hybridized carbons (Fsp3) is 0.333. The minimum atomic E-state index is -0.961. The van der Waals surface area contributed by atoms with Crippen LogP contribution in [0, 0.1) is 10.2 Å². The van der Waals surface area contributed by atoms with Crippen LogP contribution < -0.4 is 0 Å². The summed E-state index contributed by atoms with van der Waals surface area (Å²) in [6, 6.07) is 8.13. The molecule has 0 amide bonds. The lowest BCUT2D eigenvalue weighted by Crippen LogP contribution is -2.27. The molecule has 0 saturated heterocycles. The molecule has 4 nitrogen and oxygen atoms in total. The number of imidazole rings is 1. The average Bonchev–Trinajstić information content (AvgIpc) is 2.85. The summed E-state index contributed by atoms with van der Waals surface area (Å²) < 4.78 is 2.20. The maximum atomic E-state index is 11.4. The standard InChI is InChI=1S/C15H16N2O2S/c1-15(2)7-9-5-3-4-6-10(9)12(15)17-11(13(18)19)8-16-14(17)20/h3-6,8,12H,7H2,1-2H3,(H,16,20)(H,18,19). The number of aromatic carboxylic acids is 1. The third-order valence-corrected chi connectivity index (χ3v) is 4.34. The Morgan fingerprint density at radius 1 is 1.45 bits per heavy atom. The van der Waals surface area contributed by atoms with Crippen LogP contribution in [0.25, 0.3) is 0 Å². The number of hydrogen-bond acceptors (Lipinski definition) is 2. The van der Waals surface area contributed by atoms with Crippen molar-refractivity contribution in [3.8, 4) is 0 Å². The van der Waals surface area contributed by atoms with Crippen molar-refractivity contribution < 1.29 is 9.90 Å². The molecule has 1 atom stereocenters. The number of nitrogens with zero attached hydrogens (tertiary/aromatic N) is 1. The van der Waals surface area contributed by atoms with E-state index in [9.17, 15) is 9.90 Å². The number of aromatic amines is 1. The molecule has 1 heterocycles. The summed E-state index contributed by atoms with van der Waals surface area (Å²) in [5.74, 6) is -0.961. The lowest BCUT2D eigenvalue weighted by molar-refractivity contribution is 0.0679. The van der Waals surface area contributed by atoms with E-state index < -0.39 is 5.97 Å². The summed E-state index contributed by atoms with van der Waals surface area (Å²) in [5.41, 5.74) is 2.57. The van der Waals surface area contributed by atoms with Crippen molar-refractivity contribution in [2.24, 2.45) is 5.41 Å². The van der Waals surface area contributed by atoms with Crippen LogP contribution in [-0.4, -0.2) is 20.6 Å². The summed E-state index contributed by atoms with van der Waals surface area (Å²) in [4.78, 5) is 14.3. The number of hydrogen-bond donors (Lipinski definition) is 2. The zero-order chi connectivity index (χ0) is 14.5. The fourth-order valence-electron chi connectivity index (χ4n) is 3.26. The van der Waals surface area contributed by atoms with Crippen LogP contribution in [0.2, 0.25) is 0 Å². The third-order valence-electron chi connectivity index (χ3n) is 4.02. The Morgan fingerprint density at radius 3 is 2.85 bits per heavy atom. The van der Waals surface area contributed by atoms with E-state index in [0.717, 1.165) is 12.0 Å². The van der Waals surface area contributed by atoms with E-state index in [-0.39, 0.29) is 17.2 Å². The first-order valence-electron chi connectivity index (χ1n) is 6.53. The molecular weight excluding hydrogens is 272 g/mol. The number of rotatable bonds is 2. The van der Waals surface area contributed by atoms with Crippen molar-refractivity contribution in [1.29, 1.82) is 0 Å². The molecule has 3 rings (SSSR count). The van der Waals surface area contributed by atoms with Gasteiger partial charge < -0.3 is 14.7 Å². The second-order valence-electron chi connectivity index (χ2n) is 5.92. The van der Waals surface area contributed by atoms with Crippen LogP contribution in [-0.2, 0) is 6.42 Å². The molecular formula is C15H16N2O2S. The van der Waals surface area contributed by atoms with Crippen molar-refractivity contribution in [2.75, 3.05) is 0 Å². The molecule has 0 radical (unpaired) electrons. The number of carboxylic acids is 1. The first-order valence-corrected chi connectivity index (χ1v) is 6.93. The molecule has 0 saturated carbocycles. The predicted octanol–water partition coefficient (Wildman–Crippen LogP) is 3.42. The lowest BCUT2D eigenvalue weighted by atomic mass is 9.85. The molecule has 5 heteroatoms. The molecule has 0 spiro atoms. The molecule has 1 aromatic heterocycles. The molecule has 104 valence electrons. The number of benzene rings is 1. The van der Waals surface area contributed by atoms with Gasteiger partial charge in [0.15, 0.2) is 4.77 Å². The van der Waals surface area contributed by atoms with Crippen molar-refractivity contribution in [3.63, 3.8) is 0 Å². The van der Waals surface area contributed by atoms with E-state index in [1.165, 1.54) is 11.8 Å². The van der Waals surface area contributed by atoms with E-state index in [2.05, 4.69) is 31.0 Å². The van der Waals surface area contributed by atoms with Gasteiger partial charge in [0.1, 0.15) is 5.69 Å². The van der Waals surface area contributed by atoms with Gasteiger partial charge in [-0.15, -0.1) is 0 Å². The van der Waals surface area contributed by atoms with Gasteiger partial charge in [0, 0.05) is 6.20 Å². The quantitative estimate of drug-likeness (QED) is 0.833. The Kier molecular flexibility index (Phi) is 2.83. The Morgan fingerprint density at radius 2 is 2.15 bits per heavy atom. The molecule has 1 aliphatic rings. The zero-order valence-corrected chi connectivity index (χ0v) is 12.2. The average molecular weight is 288 g/mol. The highest BCUT2D eigenvalue weighted by Gasteiger charge is 2.41. The third kappa shape index (κ3) is 1.81. The smallest absolute Gasteiger partial charge is 0.354 e. The van der Waals surface area contributed by atoms with Crippen LogP contribution in [0.15, 0.2) is 30.5 Å². The summed E-state index contributed by atoms with van der Waals surface area (Å²) in [5, 5.41) is 9.37. The molecule has 1 unspecified atom stereocenters. The number of nitrogens with one attached hydrogen (secondary N) is 1. The number of carbonyl (C=O) groups is 1. The number of fused-ring (bicyclic) bond motifs is 1. The topological polar surface area (TPSA) is 58.0 Å². The SMILES string of the molecule is CC1(C)Cc2ccccc2C1n1c(C(=O)O)c[nH]c1=S. The molecule has 2 N–H and O–H groups in total. The maximum absolute atomic E-state index is 11.4. The number of aromatic nitrogens is 2. The van der Waals surface area contributed by atoms with Gasteiger partial charge in [-0.05, 0) is 35.2 Å². The second kappa shape index (κ2) is 4.31. The normalized spacial score (nSPS) is 19.8. The number of carboxylic acid groups (broad SMARTS) is 1. The fourth-order valence-corrected chi connectivity index (χ4v) is 3.52. The molecule has 1 aromatic carbocycles. The largest absolute Gasteiger partial charge is 0.477 e. The molecule has 0 aliphatic heterocycles. The highest BCUT2D eigenvalue weighted by atomic mass is 32.1. The van der Waals surface area contributed by atoms with Gasteiger partial charge >= 0.3 is 5.97 Å². The van der Waals surface area contributed by atoms with Crippen molar-refractivity contribution in [2.45, 2.75) is 26.3 Å². The molecule has 1 aliphatic carbocycles. The van der Waals surface area contributed by atoms with Crippen molar-refractivity contribution in [3.05, 3.63) is 52.1 Å². The van der Waals surface area contributed by atoms with Gasteiger partial charge in [-0.2, -0.15) is 0 Å². The second-order valence-corrected chi connectivity index (χ2v) is 6.31. The Bertz CT molecular complexity index is 742. The first-order chi connectivity index (χ1) is 9.42. The Hall–Kier alpha value is -1.88. The van der Waals surface area contributed by atoms with Crippen LogP contribution in [0.5, 0.6) is 0 Å².